The van der Waals surface area contributed by atoms with Crippen LogP contribution in [0, 0.1) is 0 Å². The van der Waals surface area contributed by atoms with E-state index in [0.29, 0.717) is 29.3 Å². The average Bonchev–Trinajstić information content (AvgIpc) is 2.86. The normalized spacial score (nSPS) is 15.6. The van der Waals surface area contributed by atoms with Gasteiger partial charge < -0.3 is 9.64 Å². The third kappa shape index (κ3) is 5.53. The Balaban J connectivity index is 1.73. The number of anilines is 1. The van der Waals surface area contributed by atoms with Crippen molar-refractivity contribution in [2.45, 2.75) is 57.7 Å². The molecule has 1 aliphatic carbocycles. The maximum atomic E-state index is 14.0. The molecule has 0 radical (unpaired) electrons. The second kappa shape index (κ2) is 10.1. The van der Waals surface area contributed by atoms with Crippen LogP contribution in [0.5, 0.6) is 5.75 Å². The van der Waals surface area contributed by atoms with Gasteiger partial charge in [0.1, 0.15) is 5.75 Å². The second-order valence-electron chi connectivity index (χ2n) is 9.38. The number of rotatable bonds is 6. The first-order valence-electron chi connectivity index (χ1n) is 11.9. The van der Waals surface area contributed by atoms with Crippen molar-refractivity contribution < 1.29 is 22.7 Å². The van der Waals surface area contributed by atoms with Gasteiger partial charge in [-0.3, -0.25) is 4.79 Å². The van der Waals surface area contributed by atoms with Gasteiger partial charge in [-0.15, -0.1) is 0 Å². The van der Waals surface area contributed by atoms with Crippen LogP contribution < -0.4 is 9.64 Å². The molecule has 0 saturated carbocycles. The molecule has 0 spiro atoms. The number of nitrogens with zero attached hydrogens (tertiary/aromatic N) is 1. The zero-order valence-electron chi connectivity index (χ0n) is 20.2. The summed E-state index contributed by atoms with van der Waals surface area (Å²) in [7, 11) is 1.59. The van der Waals surface area contributed by atoms with Crippen LogP contribution in [0.1, 0.15) is 66.3 Å². The van der Waals surface area contributed by atoms with Crippen LogP contribution in [-0.2, 0) is 23.9 Å². The zero-order valence-corrected chi connectivity index (χ0v) is 20.2. The molecule has 3 aromatic carbocycles. The number of fused-ring (bicyclic) bond motifs is 1. The van der Waals surface area contributed by atoms with E-state index in [-0.39, 0.29) is 18.4 Å². The monoisotopic (exact) mass is 481 g/mol. The summed E-state index contributed by atoms with van der Waals surface area (Å²) < 4.78 is 45.4. The molecule has 1 aliphatic rings. The Morgan fingerprint density at radius 3 is 2.46 bits per heavy atom. The molecule has 0 bridgehead atoms. The van der Waals surface area contributed by atoms with E-state index in [1.54, 1.807) is 18.1 Å². The van der Waals surface area contributed by atoms with E-state index in [1.807, 2.05) is 42.5 Å². The van der Waals surface area contributed by atoms with E-state index < -0.39 is 11.7 Å². The number of alkyl halides is 3. The highest BCUT2D eigenvalue weighted by Gasteiger charge is 2.33. The molecule has 1 unspecified atom stereocenters. The summed E-state index contributed by atoms with van der Waals surface area (Å²) >= 11 is 0. The van der Waals surface area contributed by atoms with Gasteiger partial charge in [0, 0.05) is 5.69 Å². The standard InChI is InChI=1S/C29H30F3NO2/c1-19(2)21-10-13-24(14-11-21)33(18-20-6-4-8-23(16-20)29(30,31)32)28(34)26-9-5-7-22-12-15-25(35-3)17-27(22)26/h4,6,8,10-17,19,26H,5,7,9,18H2,1-3H3. The summed E-state index contributed by atoms with van der Waals surface area (Å²) in [5, 5.41) is 0. The van der Waals surface area contributed by atoms with Crippen molar-refractivity contribution >= 4 is 11.6 Å². The number of hydrogen-bond donors (Lipinski definition) is 0. The van der Waals surface area contributed by atoms with E-state index >= 15 is 0 Å². The van der Waals surface area contributed by atoms with Crippen LogP contribution in [0.15, 0.2) is 66.7 Å². The molecule has 3 nitrogen and oxygen atoms in total. The molecule has 0 fully saturated rings. The molecule has 0 aliphatic heterocycles. The quantitative estimate of drug-likeness (QED) is 0.365. The number of halogens is 3. The summed E-state index contributed by atoms with van der Waals surface area (Å²) in [6, 6.07) is 18.7. The van der Waals surface area contributed by atoms with Gasteiger partial charge in [0.15, 0.2) is 0 Å². The summed E-state index contributed by atoms with van der Waals surface area (Å²) in [5.74, 6) is 0.516. The van der Waals surface area contributed by atoms with Crippen LogP contribution >= 0.6 is 0 Å². The number of methoxy groups -OCH3 is 1. The highest BCUT2D eigenvalue weighted by Crippen LogP contribution is 2.37. The third-order valence-electron chi connectivity index (χ3n) is 6.70. The molecule has 35 heavy (non-hydrogen) atoms. The lowest BCUT2D eigenvalue weighted by Crippen LogP contribution is -2.36. The Hall–Kier alpha value is -3.28. The van der Waals surface area contributed by atoms with Gasteiger partial charge >= 0.3 is 6.18 Å². The van der Waals surface area contributed by atoms with Gasteiger partial charge in [0.2, 0.25) is 5.91 Å². The minimum Gasteiger partial charge on any atom is -0.497 e. The van der Waals surface area contributed by atoms with Crippen LogP contribution in [0.25, 0.3) is 0 Å². The largest absolute Gasteiger partial charge is 0.497 e. The van der Waals surface area contributed by atoms with Gasteiger partial charge in [-0.25, -0.2) is 0 Å². The van der Waals surface area contributed by atoms with Gasteiger partial charge in [0.05, 0.1) is 25.1 Å². The number of benzene rings is 3. The first kappa shape index (κ1) is 24.8. The molecule has 0 N–H and O–H groups in total. The number of ether oxygens (including phenoxy) is 1. The minimum absolute atomic E-state index is 0.0551. The van der Waals surface area contributed by atoms with Crippen LogP contribution in [0.3, 0.4) is 0 Å². The van der Waals surface area contributed by atoms with E-state index in [4.69, 9.17) is 4.74 Å². The van der Waals surface area contributed by atoms with Crippen molar-refractivity contribution in [1.29, 1.82) is 0 Å². The number of carbonyl (C=O) groups excluding carboxylic acids is 1. The Morgan fingerprint density at radius 2 is 1.80 bits per heavy atom. The lowest BCUT2D eigenvalue weighted by atomic mass is 9.81. The van der Waals surface area contributed by atoms with Gasteiger partial charge in [0.25, 0.3) is 0 Å². The average molecular weight is 482 g/mol. The summed E-state index contributed by atoms with van der Waals surface area (Å²) in [5.41, 5.74) is 3.57. The lowest BCUT2D eigenvalue weighted by molar-refractivity contribution is -0.137. The highest BCUT2D eigenvalue weighted by molar-refractivity contribution is 5.98. The van der Waals surface area contributed by atoms with Crippen molar-refractivity contribution in [3.63, 3.8) is 0 Å². The van der Waals surface area contributed by atoms with E-state index in [1.165, 1.54) is 6.07 Å². The fourth-order valence-electron chi connectivity index (χ4n) is 4.71. The molecule has 1 atom stereocenters. The molecular weight excluding hydrogens is 451 g/mol. The second-order valence-corrected chi connectivity index (χ2v) is 9.38. The van der Waals surface area contributed by atoms with Crippen molar-refractivity contribution in [2.75, 3.05) is 12.0 Å². The molecule has 0 aromatic heterocycles. The SMILES string of the molecule is COc1ccc2c(c1)C(C(=O)N(Cc1cccc(C(F)(F)F)c1)c1ccc(C(C)C)cc1)CCC2. The van der Waals surface area contributed by atoms with E-state index in [9.17, 15) is 18.0 Å². The summed E-state index contributed by atoms with van der Waals surface area (Å²) in [6.45, 7) is 4.24. The number of hydrogen-bond acceptors (Lipinski definition) is 2. The molecule has 1 amide bonds. The molecule has 184 valence electrons. The summed E-state index contributed by atoms with van der Waals surface area (Å²) in [4.78, 5) is 15.7. The van der Waals surface area contributed by atoms with Crippen molar-refractivity contribution in [1.82, 2.24) is 0 Å². The Bertz CT molecular complexity index is 1190. The fraction of sp³-hybridized carbons (Fsp3) is 0.345. The van der Waals surface area contributed by atoms with Crippen LogP contribution in [0.4, 0.5) is 18.9 Å². The lowest BCUT2D eigenvalue weighted by Gasteiger charge is -2.31. The molecule has 3 aromatic rings. The Labute approximate surface area is 204 Å². The number of carbonyl (C=O) groups is 1. The third-order valence-corrected chi connectivity index (χ3v) is 6.70. The molecule has 6 heteroatoms. The fourth-order valence-corrected chi connectivity index (χ4v) is 4.71. The van der Waals surface area contributed by atoms with E-state index in [0.717, 1.165) is 41.7 Å². The van der Waals surface area contributed by atoms with Crippen molar-refractivity contribution in [3.05, 3.63) is 94.5 Å². The molecular formula is C29H30F3NO2. The van der Waals surface area contributed by atoms with Gasteiger partial charge in [-0.2, -0.15) is 13.2 Å². The maximum Gasteiger partial charge on any atom is 0.416 e. The van der Waals surface area contributed by atoms with Gasteiger partial charge in [-0.1, -0.05) is 44.2 Å². The van der Waals surface area contributed by atoms with Crippen molar-refractivity contribution in [2.24, 2.45) is 0 Å². The Morgan fingerprint density at radius 1 is 1.06 bits per heavy atom. The Kier molecular flexibility index (Phi) is 7.20. The smallest absolute Gasteiger partial charge is 0.416 e. The molecule has 0 heterocycles. The zero-order chi connectivity index (χ0) is 25.2. The predicted octanol–water partition coefficient (Wildman–Crippen LogP) is 7.49. The number of aryl methyl sites for hydroxylation is 1. The van der Waals surface area contributed by atoms with Gasteiger partial charge in [-0.05, 0) is 83.8 Å². The highest BCUT2D eigenvalue weighted by atomic mass is 19.4. The first-order chi connectivity index (χ1) is 16.7. The minimum atomic E-state index is -4.44. The topological polar surface area (TPSA) is 29.5 Å². The van der Waals surface area contributed by atoms with Crippen LogP contribution in [-0.4, -0.2) is 13.0 Å². The van der Waals surface area contributed by atoms with Crippen molar-refractivity contribution in [3.8, 4) is 5.75 Å². The maximum absolute atomic E-state index is 14.0. The molecule has 0 saturated heterocycles. The summed E-state index contributed by atoms with van der Waals surface area (Å²) in [6.07, 6.45) is -2.00. The van der Waals surface area contributed by atoms with Crippen LogP contribution in [0.2, 0.25) is 0 Å². The van der Waals surface area contributed by atoms with E-state index in [2.05, 4.69) is 13.8 Å². The number of amides is 1. The first-order valence-corrected chi connectivity index (χ1v) is 11.9. The predicted molar refractivity (Wildman–Crippen MR) is 132 cm³/mol. The molecule has 4 rings (SSSR count).